The molecule has 1 aliphatic rings. The number of H-pyrrole nitrogens is 1. The summed E-state index contributed by atoms with van der Waals surface area (Å²) in [5.74, 6) is 1.46. The summed E-state index contributed by atoms with van der Waals surface area (Å²) in [5, 5.41) is 1.15. The lowest BCUT2D eigenvalue weighted by Gasteiger charge is -2.29. The Morgan fingerprint density at radius 1 is 1.25 bits per heavy atom. The van der Waals surface area contributed by atoms with Crippen LogP contribution >= 0.6 is 35.4 Å². The van der Waals surface area contributed by atoms with Gasteiger partial charge in [-0.25, -0.2) is 0 Å². The first-order chi connectivity index (χ1) is 9.56. The fraction of sp³-hybridized carbons (Fsp3) is 0.533. The zero-order valence-corrected chi connectivity index (χ0v) is 13.8. The van der Waals surface area contributed by atoms with Crippen LogP contribution in [0, 0.1) is 16.6 Å². The molecule has 0 spiro atoms. The van der Waals surface area contributed by atoms with Crippen LogP contribution in [0.4, 0.5) is 0 Å². The zero-order valence-electron chi connectivity index (χ0n) is 11.5. The van der Waals surface area contributed by atoms with Gasteiger partial charge in [0, 0.05) is 6.54 Å². The van der Waals surface area contributed by atoms with E-state index in [2.05, 4.69) is 16.5 Å². The van der Waals surface area contributed by atoms with Gasteiger partial charge >= 0.3 is 0 Å². The minimum Gasteiger partial charge on any atom is -0.331 e. The van der Waals surface area contributed by atoms with Gasteiger partial charge in [-0.05, 0) is 42.6 Å². The topological polar surface area (TPSA) is 20.7 Å². The maximum Gasteiger partial charge on any atom is 0.178 e. The molecule has 108 valence electrons. The number of hydrogen-bond acceptors (Lipinski definition) is 1. The molecule has 0 radical (unpaired) electrons. The van der Waals surface area contributed by atoms with Crippen LogP contribution < -0.4 is 0 Å². The molecule has 20 heavy (non-hydrogen) atoms. The zero-order chi connectivity index (χ0) is 14.3. The van der Waals surface area contributed by atoms with Crippen LogP contribution in [0.15, 0.2) is 12.1 Å². The van der Waals surface area contributed by atoms with E-state index in [-0.39, 0.29) is 0 Å². The second-order valence-corrected chi connectivity index (χ2v) is 7.05. The molecular formula is C15H18Cl2N2S. The molecule has 0 amide bonds. The maximum atomic E-state index is 6.15. The Morgan fingerprint density at radius 2 is 1.95 bits per heavy atom. The van der Waals surface area contributed by atoms with Gasteiger partial charge in [0.25, 0.3) is 0 Å². The normalized spacial score (nSPS) is 23.4. The molecule has 1 aromatic carbocycles. The summed E-state index contributed by atoms with van der Waals surface area (Å²) in [6.07, 6.45) is 5.31. The Balaban J connectivity index is 2.00. The quantitative estimate of drug-likeness (QED) is 0.687. The molecule has 2 unspecified atom stereocenters. The Kier molecular flexibility index (Phi) is 4.11. The third-order valence-corrected chi connectivity index (χ3v) is 5.57. The smallest absolute Gasteiger partial charge is 0.178 e. The molecule has 1 heterocycles. The van der Waals surface area contributed by atoms with Crippen molar-refractivity contribution in [2.45, 2.75) is 39.2 Å². The molecule has 5 heteroatoms. The molecule has 0 saturated heterocycles. The molecular weight excluding hydrogens is 311 g/mol. The average Bonchev–Trinajstić information content (AvgIpc) is 2.69. The highest BCUT2D eigenvalue weighted by Gasteiger charge is 2.22. The van der Waals surface area contributed by atoms with Crippen LogP contribution in [-0.2, 0) is 6.54 Å². The van der Waals surface area contributed by atoms with Crippen molar-refractivity contribution in [3.63, 3.8) is 0 Å². The van der Waals surface area contributed by atoms with Crippen molar-refractivity contribution < 1.29 is 0 Å². The van der Waals surface area contributed by atoms with Gasteiger partial charge in [-0.2, -0.15) is 0 Å². The van der Waals surface area contributed by atoms with Crippen molar-refractivity contribution >= 4 is 46.5 Å². The van der Waals surface area contributed by atoms with E-state index < -0.39 is 0 Å². The highest BCUT2D eigenvalue weighted by molar-refractivity contribution is 7.71. The molecule has 2 atom stereocenters. The summed E-state index contributed by atoms with van der Waals surface area (Å²) in [6, 6.07) is 3.77. The molecule has 2 nitrogen and oxygen atoms in total. The van der Waals surface area contributed by atoms with Crippen LogP contribution in [0.3, 0.4) is 0 Å². The van der Waals surface area contributed by atoms with E-state index in [1.54, 1.807) is 0 Å². The van der Waals surface area contributed by atoms with Crippen LogP contribution in [0.5, 0.6) is 0 Å². The standard InChI is InChI=1S/C15H18Cl2N2S/c1-9-4-2-3-5-10(9)8-19-14-7-12(17)11(16)6-13(14)18-15(19)20/h6-7,9-10H,2-5,8H2,1H3,(H,18,20). The van der Waals surface area contributed by atoms with Crippen molar-refractivity contribution in [1.82, 2.24) is 9.55 Å². The molecule has 1 saturated carbocycles. The van der Waals surface area contributed by atoms with Gasteiger partial charge in [0.15, 0.2) is 4.77 Å². The maximum absolute atomic E-state index is 6.15. The first kappa shape index (κ1) is 14.4. The lowest BCUT2D eigenvalue weighted by molar-refractivity contribution is 0.230. The van der Waals surface area contributed by atoms with E-state index in [0.29, 0.717) is 16.0 Å². The second kappa shape index (κ2) is 5.70. The van der Waals surface area contributed by atoms with E-state index in [9.17, 15) is 0 Å². The number of benzene rings is 1. The minimum atomic E-state index is 0.564. The number of nitrogens with one attached hydrogen (secondary N) is 1. The summed E-state index contributed by atoms with van der Waals surface area (Å²) in [6.45, 7) is 3.32. The van der Waals surface area contributed by atoms with E-state index in [1.807, 2.05) is 12.1 Å². The Morgan fingerprint density at radius 3 is 2.70 bits per heavy atom. The number of halogens is 2. The summed E-state index contributed by atoms with van der Waals surface area (Å²) in [4.78, 5) is 3.23. The lowest BCUT2D eigenvalue weighted by atomic mass is 9.80. The number of nitrogens with zero attached hydrogens (tertiary/aromatic N) is 1. The number of rotatable bonds is 2. The van der Waals surface area contributed by atoms with Crippen molar-refractivity contribution in [3.05, 3.63) is 26.9 Å². The number of imidazole rings is 1. The molecule has 3 rings (SSSR count). The van der Waals surface area contributed by atoms with Gasteiger partial charge < -0.3 is 9.55 Å². The van der Waals surface area contributed by atoms with Gasteiger partial charge in [0.05, 0.1) is 21.1 Å². The number of fused-ring (bicyclic) bond motifs is 1. The average molecular weight is 329 g/mol. The Bertz CT molecular complexity index is 689. The minimum absolute atomic E-state index is 0.564. The fourth-order valence-electron chi connectivity index (χ4n) is 3.23. The predicted molar refractivity (Wildman–Crippen MR) is 88.3 cm³/mol. The Hall–Kier alpha value is -0.510. The van der Waals surface area contributed by atoms with Crippen LogP contribution in [-0.4, -0.2) is 9.55 Å². The van der Waals surface area contributed by atoms with E-state index in [0.717, 1.165) is 28.3 Å². The van der Waals surface area contributed by atoms with E-state index >= 15 is 0 Å². The lowest BCUT2D eigenvalue weighted by Crippen LogP contribution is -2.22. The van der Waals surface area contributed by atoms with Crippen LogP contribution in [0.2, 0.25) is 10.0 Å². The SMILES string of the molecule is CC1CCCCC1Cn1c(=S)[nH]c2cc(Cl)c(Cl)cc21. The third kappa shape index (κ3) is 2.63. The first-order valence-corrected chi connectivity index (χ1v) is 8.30. The van der Waals surface area contributed by atoms with Gasteiger partial charge in [0.1, 0.15) is 0 Å². The summed E-state index contributed by atoms with van der Waals surface area (Å²) in [5.41, 5.74) is 2.02. The molecule has 1 N–H and O–H groups in total. The Labute approximate surface area is 134 Å². The first-order valence-electron chi connectivity index (χ1n) is 7.14. The van der Waals surface area contributed by atoms with Crippen LogP contribution in [0.25, 0.3) is 11.0 Å². The highest BCUT2D eigenvalue weighted by atomic mass is 35.5. The number of aromatic nitrogens is 2. The van der Waals surface area contributed by atoms with Crippen molar-refractivity contribution in [2.24, 2.45) is 11.8 Å². The summed E-state index contributed by atoms with van der Waals surface area (Å²) >= 11 is 17.7. The molecule has 1 aromatic heterocycles. The molecule has 1 fully saturated rings. The molecule has 2 aromatic rings. The van der Waals surface area contributed by atoms with Gasteiger partial charge in [-0.15, -0.1) is 0 Å². The van der Waals surface area contributed by atoms with E-state index in [1.165, 1.54) is 25.7 Å². The summed E-state index contributed by atoms with van der Waals surface area (Å²) < 4.78 is 2.94. The van der Waals surface area contributed by atoms with Gasteiger partial charge in [-0.1, -0.05) is 49.4 Å². The molecule has 1 aliphatic carbocycles. The highest BCUT2D eigenvalue weighted by Crippen LogP contribution is 2.33. The van der Waals surface area contributed by atoms with Gasteiger partial charge in [-0.3, -0.25) is 0 Å². The second-order valence-electron chi connectivity index (χ2n) is 5.85. The molecule has 0 aliphatic heterocycles. The number of aromatic amines is 1. The van der Waals surface area contributed by atoms with Crippen molar-refractivity contribution in [1.29, 1.82) is 0 Å². The largest absolute Gasteiger partial charge is 0.331 e. The van der Waals surface area contributed by atoms with E-state index in [4.69, 9.17) is 35.4 Å². The van der Waals surface area contributed by atoms with Gasteiger partial charge in [0.2, 0.25) is 0 Å². The fourth-order valence-corrected chi connectivity index (χ4v) is 3.84. The number of hydrogen-bond donors (Lipinski definition) is 1. The van der Waals surface area contributed by atoms with Crippen molar-refractivity contribution in [3.8, 4) is 0 Å². The van der Waals surface area contributed by atoms with Crippen molar-refractivity contribution in [2.75, 3.05) is 0 Å². The predicted octanol–water partition coefficient (Wildman–Crippen LogP) is 5.83. The monoisotopic (exact) mass is 328 g/mol. The van der Waals surface area contributed by atoms with Crippen LogP contribution in [0.1, 0.15) is 32.6 Å². The summed E-state index contributed by atoms with van der Waals surface area (Å²) in [7, 11) is 0. The third-order valence-electron chi connectivity index (χ3n) is 4.52. The molecule has 0 bridgehead atoms.